The maximum atomic E-state index is 12.6. The Morgan fingerprint density at radius 3 is 2.27 bits per heavy atom. The molecule has 4 aromatic rings. The highest BCUT2D eigenvalue weighted by molar-refractivity contribution is 7.92. The lowest BCUT2D eigenvalue weighted by molar-refractivity contribution is 0.0935. The zero-order valence-corrected chi connectivity index (χ0v) is 17.0. The van der Waals surface area contributed by atoms with Crippen molar-refractivity contribution in [3.05, 3.63) is 96.3 Å². The molecule has 0 aliphatic carbocycles. The Kier molecular flexibility index (Phi) is 5.29. The Morgan fingerprint density at radius 2 is 1.57 bits per heavy atom. The van der Waals surface area contributed by atoms with Crippen molar-refractivity contribution in [2.45, 2.75) is 17.9 Å². The summed E-state index contributed by atoms with van der Waals surface area (Å²) in [6.07, 6.45) is 0. The average Bonchev–Trinajstić information content (AvgIpc) is 3.19. The summed E-state index contributed by atoms with van der Waals surface area (Å²) in [6.45, 7) is 1.83. The van der Waals surface area contributed by atoms with Gasteiger partial charge in [0.15, 0.2) is 0 Å². The molecule has 0 saturated heterocycles. The van der Waals surface area contributed by atoms with E-state index in [0.29, 0.717) is 17.0 Å². The Bertz CT molecular complexity index is 1250. The number of benzene rings is 3. The minimum atomic E-state index is -3.73. The number of sulfonamides is 1. The molecule has 30 heavy (non-hydrogen) atoms. The number of rotatable bonds is 6. The van der Waals surface area contributed by atoms with E-state index in [1.807, 2.05) is 37.3 Å². The van der Waals surface area contributed by atoms with Crippen molar-refractivity contribution < 1.29 is 17.6 Å². The van der Waals surface area contributed by atoms with Crippen molar-refractivity contribution in [2.24, 2.45) is 0 Å². The summed E-state index contributed by atoms with van der Waals surface area (Å²) in [7, 11) is -3.73. The van der Waals surface area contributed by atoms with Crippen LogP contribution in [0.5, 0.6) is 0 Å². The van der Waals surface area contributed by atoms with Crippen LogP contribution in [0.4, 0.5) is 5.69 Å². The fraction of sp³-hybridized carbons (Fsp3) is 0.0870. The van der Waals surface area contributed by atoms with Crippen LogP contribution in [-0.2, 0) is 10.0 Å². The van der Waals surface area contributed by atoms with Crippen molar-refractivity contribution in [3.8, 4) is 0 Å². The zero-order chi connectivity index (χ0) is 21.1. The van der Waals surface area contributed by atoms with Crippen LogP contribution in [0.3, 0.4) is 0 Å². The summed E-state index contributed by atoms with van der Waals surface area (Å²) in [5.41, 5.74) is 1.59. The molecule has 0 bridgehead atoms. The van der Waals surface area contributed by atoms with Crippen LogP contribution in [-0.4, -0.2) is 14.3 Å². The molecule has 1 amide bonds. The monoisotopic (exact) mass is 420 g/mol. The molecule has 0 spiro atoms. The van der Waals surface area contributed by atoms with E-state index in [9.17, 15) is 13.2 Å². The van der Waals surface area contributed by atoms with E-state index in [4.69, 9.17) is 4.42 Å². The van der Waals surface area contributed by atoms with E-state index in [-0.39, 0.29) is 16.8 Å². The molecule has 3 aromatic carbocycles. The molecule has 1 heterocycles. The Labute approximate surface area is 174 Å². The van der Waals surface area contributed by atoms with E-state index in [0.717, 1.165) is 11.0 Å². The molecule has 0 radical (unpaired) electrons. The van der Waals surface area contributed by atoms with Gasteiger partial charge in [-0.15, -0.1) is 0 Å². The summed E-state index contributed by atoms with van der Waals surface area (Å²) < 4.78 is 33.3. The standard InChI is InChI=1S/C23H20N2O4S/c1-16(22-15-18-7-5-6-10-21(18)29-22)24-23(26)17-11-13-20(14-12-17)30(27,28)25-19-8-3-2-4-9-19/h2-16,25H,1H3,(H,24,26). The first kappa shape index (κ1) is 19.7. The number of hydrogen-bond acceptors (Lipinski definition) is 4. The lowest BCUT2D eigenvalue weighted by Crippen LogP contribution is -2.26. The SMILES string of the molecule is CC(NC(=O)c1ccc(S(=O)(=O)Nc2ccccc2)cc1)c1cc2ccccc2o1. The fourth-order valence-corrected chi connectivity index (χ4v) is 4.13. The normalized spacial score (nSPS) is 12.4. The van der Waals surface area contributed by atoms with Crippen molar-refractivity contribution in [1.29, 1.82) is 0 Å². The molecule has 2 N–H and O–H groups in total. The molecule has 1 unspecified atom stereocenters. The quantitative estimate of drug-likeness (QED) is 0.472. The molecule has 1 atom stereocenters. The first-order valence-electron chi connectivity index (χ1n) is 9.40. The molecule has 6 nitrogen and oxygen atoms in total. The van der Waals surface area contributed by atoms with Gasteiger partial charge in [-0.05, 0) is 55.5 Å². The Hall–Kier alpha value is -3.58. The topological polar surface area (TPSA) is 88.4 Å². The molecule has 4 rings (SSSR count). The van der Waals surface area contributed by atoms with Gasteiger partial charge in [-0.25, -0.2) is 8.42 Å². The van der Waals surface area contributed by atoms with Crippen molar-refractivity contribution in [3.63, 3.8) is 0 Å². The van der Waals surface area contributed by atoms with Gasteiger partial charge in [-0.3, -0.25) is 9.52 Å². The van der Waals surface area contributed by atoms with Gasteiger partial charge >= 0.3 is 0 Å². The first-order chi connectivity index (χ1) is 14.4. The summed E-state index contributed by atoms with van der Waals surface area (Å²) in [5.74, 6) is 0.332. The van der Waals surface area contributed by atoms with Gasteiger partial charge in [0.1, 0.15) is 11.3 Å². The number of nitrogens with one attached hydrogen (secondary N) is 2. The second-order valence-electron chi connectivity index (χ2n) is 6.88. The highest BCUT2D eigenvalue weighted by Gasteiger charge is 2.18. The minimum absolute atomic E-state index is 0.0771. The van der Waals surface area contributed by atoms with Gasteiger partial charge in [0, 0.05) is 16.6 Å². The zero-order valence-electron chi connectivity index (χ0n) is 16.2. The molecule has 7 heteroatoms. The summed E-state index contributed by atoms with van der Waals surface area (Å²) in [6, 6.07) is 23.6. The van der Waals surface area contributed by atoms with Crippen LogP contribution >= 0.6 is 0 Å². The van der Waals surface area contributed by atoms with Gasteiger partial charge in [0.2, 0.25) is 0 Å². The van der Waals surface area contributed by atoms with Crippen LogP contribution in [0.15, 0.2) is 94.2 Å². The van der Waals surface area contributed by atoms with Crippen molar-refractivity contribution in [2.75, 3.05) is 4.72 Å². The van der Waals surface area contributed by atoms with E-state index in [1.165, 1.54) is 24.3 Å². The van der Waals surface area contributed by atoms with Crippen LogP contribution in [0, 0.1) is 0 Å². The third-order valence-electron chi connectivity index (χ3n) is 4.67. The number of carbonyl (C=O) groups is 1. The number of carbonyl (C=O) groups excluding carboxylic acids is 1. The lowest BCUT2D eigenvalue weighted by atomic mass is 10.1. The van der Waals surface area contributed by atoms with Crippen LogP contribution in [0.1, 0.15) is 29.1 Å². The lowest BCUT2D eigenvalue weighted by Gasteiger charge is -2.12. The van der Waals surface area contributed by atoms with E-state index in [2.05, 4.69) is 10.0 Å². The Balaban J connectivity index is 1.46. The van der Waals surface area contributed by atoms with Gasteiger partial charge in [-0.1, -0.05) is 36.4 Å². The molecular formula is C23H20N2O4S. The number of para-hydroxylation sites is 2. The first-order valence-corrected chi connectivity index (χ1v) is 10.9. The number of furan rings is 1. The molecule has 0 aliphatic rings. The third-order valence-corrected chi connectivity index (χ3v) is 6.07. The van der Waals surface area contributed by atoms with Gasteiger partial charge in [0.05, 0.1) is 10.9 Å². The highest BCUT2D eigenvalue weighted by atomic mass is 32.2. The van der Waals surface area contributed by atoms with Crippen molar-refractivity contribution >= 4 is 32.6 Å². The smallest absolute Gasteiger partial charge is 0.261 e. The van der Waals surface area contributed by atoms with Gasteiger partial charge in [-0.2, -0.15) is 0 Å². The largest absolute Gasteiger partial charge is 0.459 e. The van der Waals surface area contributed by atoms with E-state index >= 15 is 0 Å². The molecular weight excluding hydrogens is 400 g/mol. The summed E-state index contributed by atoms with van der Waals surface area (Å²) in [4.78, 5) is 12.7. The van der Waals surface area contributed by atoms with Crippen LogP contribution in [0.2, 0.25) is 0 Å². The second-order valence-corrected chi connectivity index (χ2v) is 8.56. The maximum Gasteiger partial charge on any atom is 0.261 e. The van der Waals surface area contributed by atoms with E-state index < -0.39 is 10.0 Å². The molecule has 152 valence electrons. The second kappa shape index (κ2) is 8.04. The van der Waals surface area contributed by atoms with Crippen LogP contribution in [0.25, 0.3) is 11.0 Å². The number of fused-ring (bicyclic) bond motifs is 1. The molecule has 1 aromatic heterocycles. The molecule has 0 fully saturated rings. The fourth-order valence-electron chi connectivity index (χ4n) is 3.07. The molecule has 0 aliphatic heterocycles. The van der Waals surface area contributed by atoms with Gasteiger partial charge < -0.3 is 9.73 Å². The third kappa shape index (κ3) is 4.21. The predicted octanol–water partition coefficient (Wildman–Crippen LogP) is 4.72. The predicted molar refractivity (Wildman–Crippen MR) is 116 cm³/mol. The maximum absolute atomic E-state index is 12.6. The number of anilines is 1. The Morgan fingerprint density at radius 1 is 0.900 bits per heavy atom. The van der Waals surface area contributed by atoms with Crippen LogP contribution < -0.4 is 10.0 Å². The highest BCUT2D eigenvalue weighted by Crippen LogP contribution is 2.24. The molecule has 0 saturated carbocycles. The summed E-state index contributed by atoms with van der Waals surface area (Å²) in [5, 5.41) is 3.84. The number of hydrogen-bond donors (Lipinski definition) is 2. The number of amides is 1. The average molecular weight is 420 g/mol. The minimum Gasteiger partial charge on any atom is -0.459 e. The van der Waals surface area contributed by atoms with Crippen molar-refractivity contribution in [1.82, 2.24) is 5.32 Å². The van der Waals surface area contributed by atoms with E-state index in [1.54, 1.807) is 30.3 Å². The van der Waals surface area contributed by atoms with Gasteiger partial charge in [0.25, 0.3) is 15.9 Å². The summed E-state index contributed by atoms with van der Waals surface area (Å²) >= 11 is 0.